The van der Waals surface area contributed by atoms with E-state index >= 15 is 0 Å². The number of rotatable bonds is 55. The van der Waals surface area contributed by atoms with E-state index in [4.69, 9.17) is 14.2 Å². The van der Waals surface area contributed by atoms with E-state index < -0.39 is 6.10 Å². The fourth-order valence-corrected chi connectivity index (χ4v) is 8.01. The van der Waals surface area contributed by atoms with Gasteiger partial charge in [-0.1, -0.05) is 249 Å². The van der Waals surface area contributed by atoms with E-state index in [1.165, 1.54) is 38.5 Å². The molecule has 6 heteroatoms. The average Bonchev–Trinajstić information content (AvgIpc) is 3.45. The van der Waals surface area contributed by atoms with Crippen LogP contribution in [-0.2, 0) is 28.6 Å². The normalized spacial score (nSPS) is 13.3. The van der Waals surface area contributed by atoms with Gasteiger partial charge in [0.15, 0.2) is 6.10 Å². The highest BCUT2D eigenvalue weighted by Gasteiger charge is 2.19. The number of unbranched alkanes of at least 4 members (excludes halogenated alkanes) is 16. The number of hydrogen-bond donors (Lipinski definition) is 0. The molecule has 0 aromatic carbocycles. The maximum Gasteiger partial charge on any atom is 0.306 e. The van der Waals surface area contributed by atoms with Gasteiger partial charge in [-0.2, -0.15) is 0 Å². The summed E-state index contributed by atoms with van der Waals surface area (Å²) in [5.74, 6) is -0.983. The zero-order chi connectivity index (χ0) is 57.1. The number of carbonyl (C=O) groups is 3. The van der Waals surface area contributed by atoms with Crippen molar-refractivity contribution in [3.63, 3.8) is 0 Å². The molecule has 0 fully saturated rings. The van der Waals surface area contributed by atoms with E-state index in [-0.39, 0.29) is 37.5 Å². The number of esters is 3. The molecule has 0 aliphatic carbocycles. The minimum Gasteiger partial charge on any atom is -0.462 e. The standard InChI is InChI=1S/C73H114O6/c1-4-7-10-13-16-19-22-25-27-29-30-31-32-33-34-35-36-37-38-39-40-41-42-44-45-48-51-54-57-60-63-66-72(75)78-69-70(68-77-71(74)65-62-59-56-53-50-47-24-21-18-15-12-9-6-3)79-73(76)67-64-61-58-55-52-49-46-43-28-26-23-20-17-14-11-8-5-2/h7-8,10-11,16-17,19-21,24-28,30-31,33-34,36-37,39-40,42,44,46,48-49,51,70H,4-6,9,12-15,18,22-23,29,32,35,38,41,43,45,47,50,52-69H2,1-3H3/b10-7-,11-8-,19-16-,20-17-,24-21-,27-25-,28-26-,31-30-,34-33-,37-36-,40-39-,44-42-,49-46-,51-48-. The molecule has 6 nitrogen and oxygen atoms in total. The average molecular weight is 1090 g/mol. The molecule has 0 saturated carbocycles. The third-order valence-corrected chi connectivity index (χ3v) is 12.7. The third-order valence-electron chi connectivity index (χ3n) is 12.7. The summed E-state index contributed by atoms with van der Waals surface area (Å²) in [6.07, 6.45) is 96.4. The summed E-state index contributed by atoms with van der Waals surface area (Å²) in [5, 5.41) is 0. The molecule has 0 N–H and O–H groups in total. The molecular weight excluding hydrogens is 973 g/mol. The molecular formula is C73H114O6. The van der Waals surface area contributed by atoms with Crippen LogP contribution in [0.4, 0.5) is 0 Å². The van der Waals surface area contributed by atoms with Gasteiger partial charge in [0.05, 0.1) is 0 Å². The SMILES string of the molecule is CC/C=C\C/C=C\C/C=C\C/C=C\C/C=C\C/C=C\C/C=C\C/C=C\C/C=C\CCCCCC(=O)OCC(COC(=O)CCCCCCC/C=C\CCCCCC)OC(=O)CCCCCC/C=C\C/C=C\C/C=C\C/C=C\CC. The highest BCUT2D eigenvalue weighted by atomic mass is 16.6. The molecule has 0 aromatic rings. The molecule has 0 bridgehead atoms. The first-order valence-electron chi connectivity index (χ1n) is 31.6. The second-order valence-electron chi connectivity index (χ2n) is 20.2. The Morgan fingerprint density at radius 2 is 0.494 bits per heavy atom. The van der Waals surface area contributed by atoms with Crippen LogP contribution in [0.2, 0.25) is 0 Å². The summed E-state index contributed by atoms with van der Waals surface area (Å²) in [4.78, 5) is 38.2. The lowest BCUT2D eigenvalue weighted by Crippen LogP contribution is -2.30. The maximum atomic E-state index is 12.9. The molecule has 0 radical (unpaired) electrons. The van der Waals surface area contributed by atoms with Crippen LogP contribution in [0.1, 0.15) is 252 Å². The van der Waals surface area contributed by atoms with Crippen molar-refractivity contribution < 1.29 is 28.6 Å². The highest BCUT2D eigenvalue weighted by Crippen LogP contribution is 2.13. The fourth-order valence-electron chi connectivity index (χ4n) is 8.01. The van der Waals surface area contributed by atoms with E-state index in [2.05, 4.69) is 191 Å². The van der Waals surface area contributed by atoms with Crippen LogP contribution in [0.25, 0.3) is 0 Å². The molecule has 1 unspecified atom stereocenters. The van der Waals surface area contributed by atoms with Gasteiger partial charge in [0, 0.05) is 19.3 Å². The minimum atomic E-state index is -0.818. The van der Waals surface area contributed by atoms with Crippen LogP contribution in [0.5, 0.6) is 0 Å². The van der Waals surface area contributed by atoms with Crippen LogP contribution in [0.15, 0.2) is 170 Å². The molecule has 0 spiro atoms. The van der Waals surface area contributed by atoms with Gasteiger partial charge in [0.1, 0.15) is 13.2 Å². The summed E-state index contributed by atoms with van der Waals surface area (Å²) in [6, 6.07) is 0. The first-order valence-corrected chi connectivity index (χ1v) is 31.6. The Morgan fingerprint density at radius 3 is 0.797 bits per heavy atom. The van der Waals surface area contributed by atoms with Crippen LogP contribution in [0, 0.1) is 0 Å². The molecule has 1 atom stereocenters. The van der Waals surface area contributed by atoms with Gasteiger partial charge in [-0.05, 0) is 154 Å². The first-order chi connectivity index (χ1) is 39.0. The highest BCUT2D eigenvalue weighted by molar-refractivity contribution is 5.71. The molecule has 442 valence electrons. The van der Waals surface area contributed by atoms with Crippen LogP contribution < -0.4 is 0 Å². The van der Waals surface area contributed by atoms with Crippen LogP contribution in [0.3, 0.4) is 0 Å². The van der Waals surface area contributed by atoms with Crippen molar-refractivity contribution in [3.8, 4) is 0 Å². The Kier molecular flexibility index (Phi) is 61.0. The molecule has 79 heavy (non-hydrogen) atoms. The Hall–Kier alpha value is -5.23. The predicted octanol–water partition coefficient (Wildman–Crippen LogP) is 21.9. The summed E-state index contributed by atoms with van der Waals surface area (Å²) < 4.78 is 16.8. The minimum absolute atomic E-state index is 0.110. The molecule has 0 aromatic heterocycles. The van der Waals surface area contributed by atoms with Crippen molar-refractivity contribution in [2.45, 2.75) is 258 Å². The lowest BCUT2D eigenvalue weighted by Gasteiger charge is -2.18. The lowest BCUT2D eigenvalue weighted by molar-refractivity contribution is -0.167. The van der Waals surface area contributed by atoms with Crippen molar-refractivity contribution in [3.05, 3.63) is 170 Å². The van der Waals surface area contributed by atoms with Gasteiger partial charge < -0.3 is 14.2 Å². The Bertz CT molecular complexity index is 1820. The van der Waals surface area contributed by atoms with Crippen molar-refractivity contribution >= 4 is 17.9 Å². The molecule has 0 aliphatic heterocycles. The Morgan fingerprint density at radius 1 is 0.266 bits per heavy atom. The lowest BCUT2D eigenvalue weighted by atomic mass is 10.1. The molecule has 0 aliphatic rings. The van der Waals surface area contributed by atoms with Gasteiger partial charge in [0.25, 0.3) is 0 Å². The van der Waals surface area contributed by atoms with Crippen molar-refractivity contribution in [1.29, 1.82) is 0 Å². The van der Waals surface area contributed by atoms with E-state index in [0.717, 1.165) is 173 Å². The summed E-state index contributed by atoms with van der Waals surface area (Å²) in [7, 11) is 0. The van der Waals surface area contributed by atoms with Crippen LogP contribution >= 0.6 is 0 Å². The van der Waals surface area contributed by atoms with Gasteiger partial charge in [-0.25, -0.2) is 0 Å². The number of carbonyl (C=O) groups excluding carboxylic acids is 3. The topological polar surface area (TPSA) is 78.9 Å². The van der Waals surface area contributed by atoms with Gasteiger partial charge in [-0.15, -0.1) is 0 Å². The Labute approximate surface area is 485 Å². The summed E-state index contributed by atoms with van der Waals surface area (Å²) in [6.45, 7) is 6.33. The number of ether oxygens (including phenoxy) is 3. The molecule has 0 heterocycles. The van der Waals surface area contributed by atoms with E-state index in [1.807, 2.05) is 0 Å². The molecule has 0 amide bonds. The molecule has 0 saturated heterocycles. The number of allylic oxidation sites excluding steroid dienone is 28. The third kappa shape index (κ3) is 63.5. The van der Waals surface area contributed by atoms with E-state index in [9.17, 15) is 14.4 Å². The van der Waals surface area contributed by atoms with Gasteiger partial charge in [-0.3, -0.25) is 14.4 Å². The monoisotopic (exact) mass is 1090 g/mol. The molecule has 0 rings (SSSR count). The number of hydrogen-bond acceptors (Lipinski definition) is 6. The predicted molar refractivity (Wildman–Crippen MR) is 343 cm³/mol. The summed E-state index contributed by atoms with van der Waals surface area (Å²) >= 11 is 0. The maximum absolute atomic E-state index is 12.9. The van der Waals surface area contributed by atoms with Crippen LogP contribution in [-0.4, -0.2) is 37.2 Å². The van der Waals surface area contributed by atoms with Gasteiger partial charge in [0.2, 0.25) is 0 Å². The van der Waals surface area contributed by atoms with Gasteiger partial charge >= 0.3 is 17.9 Å². The zero-order valence-electron chi connectivity index (χ0n) is 50.6. The smallest absolute Gasteiger partial charge is 0.306 e. The van der Waals surface area contributed by atoms with E-state index in [1.54, 1.807) is 0 Å². The van der Waals surface area contributed by atoms with E-state index in [0.29, 0.717) is 12.8 Å². The van der Waals surface area contributed by atoms with Crippen molar-refractivity contribution in [2.24, 2.45) is 0 Å². The zero-order valence-corrected chi connectivity index (χ0v) is 50.6. The van der Waals surface area contributed by atoms with Crippen molar-refractivity contribution in [1.82, 2.24) is 0 Å². The second kappa shape index (κ2) is 65.3. The quantitative estimate of drug-likeness (QED) is 0.0261. The fraction of sp³-hybridized carbons (Fsp3) is 0.575. The van der Waals surface area contributed by atoms with Crippen molar-refractivity contribution in [2.75, 3.05) is 13.2 Å². The Balaban J connectivity index is 4.44. The largest absolute Gasteiger partial charge is 0.462 e. The second-order valence-corrected chi connectivity index (χ2v) is 20.2. The summed E-state index contributed by atoms with van der Waals surface area (Å²) in [5.41, 5.74) is 0. The first kappa shape index (κ1) is 73.8.